The lowest BCUT2D eigenvalue weighted by Gasteiger charge is -2.13. The molecule has 0 aliphatic heterocycles. The maximum Gasteiger partial charge on any atom is 0.256 e. The molecule has 98 valence electrons. The molecule has 1 aromatic heterocycles. The lowest BCUT2D eigenvalue weighted by Crippen LogP contribution is -2.14. The van der Waals surface area contributed by atoms with E-state index in [9.17, 15) is 4.79 Å². The Kier molecular flexibility index (Phi) is 3.80. The third-order valence-corrected chi connectivity index (χ3v) is 2.91. The third kappa shape index (κ3) is 3.10. The molecule has 0 saturated carbocycles. The van der Waals surface area contributed by atoms with E-state index in [2.05, 4.69) is 10.3 Å². The monoisotopic (exact) mass is 255 g/mol. The molecule has 0 spiro atoms. The summed E-state index contributed by atoms with van der Waals surface area (Å²) in [4.78, 5) is 18.1. The van der Waals surface area contributed by atoms with Crippen molar-refractivity contribution < 1.29 is 4.79 Å². The molecule has 0 aliphatic carbocycles. The van der Waals surface area contributed by atoms with Gasteiger partial charge in [0.05, 0.1) is 0 Å². The molecule has 4 heteroatoms. The Balaban J connectivity index is 2.13. The van der Waals surface area contributed by atoms with Crippen molar-refractivity contribution in [2.45, 2.75) is 6.92 Å². The van der Waals surface area contributed by atoms with Crippen LogP contribution in [0.25, 0.3) is 0 Å². The quantitative estimate of drug-likeness (QED) is 0.917. The van der Waals surface area contributed by atoms with Gasteiger partial charge < -0.3 is 10.2 Å². The summed E-state index contributed by atoms with van der Waals surface area (Å²) in [7, 11) is 3.96. The van der Waals surface area contributed by atoms with Crippen LogP contribution in [0.1, 0.15) is 15.9 Å². The fraction of sp³-hybridized carbons (Fsp3) is 0.200. The van der Waals surface area contributed by atoms with Crippen LogP contribution in [-0.2, 0) is 0 Å². The van der Waals surface area contributed by atoms with Crippen molar-refractivity contribution in [3.8, 4) is 0 Å². The van der Waals surface area contributed by atoms with E-state index in [1.807, 2.05) is 50.2 Å². The van der Waals surface area contributed by atoms with Crippen molar-refractivity contribution in [2.75, 3.05) is 24.3 Å². The van der Waals surface area contributed by atoms with E-state index in [4.69, 9.17) is 0 Å². The minimum absolute atomic E-state index is 0.113. The third-order valence-electron chi connectivity index (χ3n) is 2.91. The zero-order valence-electron chi connectivity index (χ0n) is 11.3. The molecule has 1 aromatic carbocycles. The van der Waals surface area contributed by atoms with Gasteiger partial charge in [-0.2, -0.15) is 0 Å². The first kappa shape index (κ1) is 13.1. The van der Waals surface area contributed by atoms with Gasteiger partial charge in [-0.05, 0) is 42.8 Å². The number of hydrogen-bond donors (Lipinski definition) is 1. The van der Waals surface area contributed by atoms with Crippen molar-refractivity contribution in [2.24, 2.45) is 0 Å². The molecule has 1 heterocycles. The van der Waals surface area contributed by atoms with Crippen LogP contribution >= 0.6 is 0 Å². The highest BCUT2D eigenvalue weighted by molar-refractivity contribution is 6.05. The number of aryl methyl sites for hydroxylation is 1. The highest BCUT2D eigenvalue weighted by atomic mass is 16.1. The maximum absolute atomic E-state index is 12.1. The molecule has 0 bridgehead atoms. The number of anilines is 2. The zero-order valence-corrected chi connectivity index (χ0v) is 11.3. The predicted octanol–water partition coefficient (Wildman–Crippen LogP) is 2.71. The van der Waals surface area contributed by atoms with Crippen LogP contribution in [0.15, 0.2) is 42.7 Å². The van der Waals surface area contributed by atoms with Gasteiger partial charge in [0.2, 0.25) is 0 Å². The Morgan fingerprint density at radius 2 is 1.84 bits per heavy atom. The Bertz CT molecular complexity index is 576. The maximum atomic E-state index is 12.1. The summed E-state index contributed by atoms with van der Waals surface area (Å²) in [6.45, 7) is 1.87. The normalized spacial score (nSPS) is 10.1. The van der Waals surface area contributed by atoms with Gasteiger partial charge in [0.25, 0.3) is 5.91 Å². The minimum atomic E-state index is -0.113. The molecule has 0 fully saturated rings. The summed E-state index contributed by atoms with van der Waals surface area (Å²) in [6.07, 6.45) is 3.31. The van der Waals surface area contributed by atoms with Gasteiger partial charge in [-0.15, -0.1) is 0 Å². The van der Waals surface area contributed by atoms with Gasteiger partial charge in [-0.3, -0.25) is 9.78 Å². The highest BCUT2D eigenvalue weighted by Gasteiger charge is 2.08. The van der Waals surface area contributed by atoms with Crippen molar-refractivity contribution in [1.82, 2.24) is 4.98 Å². The molecule has 0 radical (unpaired) electrons. The van der Waals surface area contributed by atoms with Crippen LogP contribution in [0.5, 0.6) is 0 Å². The second-order valence-corrected chi connectivity index (χ2v) is 4.59. The minimum Gasteiger partial charge on any atom is -0.378 e. The van der Waals surface area contributed by atoms with Gasteiger partial charge >= 0.3 is 0 Å². The number of rotatable bonds is 3. The van der Waals surface area contributed by atoms with E-state index < -0.39 is 0 Å². The van der Waals surface area contributed by atoms with Crippen LogP contribution in [0.2, 0.25) is 0 Å². The summed E-state index contributed by atoms with van der Waals surface area (Å²) >= 11 is 0. The Labute approximate surface area is 113 Å². The first-order valence-corrected chi connectivity index (χ1v) is 6.07. The average molecular weight is 255 g/mol. The largest absolute Gasteiger partial charge is 0.378 e. The van der Waals surface area contributed by atoms with Crippen LogP contribution in [0, 0.1) is 6.92 Å². The molecule has 1 N–H and O–H groups in total. The molecule has 0 unspecified atom stereocenters. The fourth-order valence-electron chi connectivity index (χ4n) is 1.77. The smallest absolute Gasteiger partial charge is 0.256 e. The van der Waals surface area contributed by atoms with Gasteiger partial charge in [-0.25, -0.2) is 0 Å². The number of carbonyl (C=O) groups is 1. The molecule has 2 aromatic rings. The summed E-state index contributed by atoms with van der Waals surface area (Å²) in [5, 5.41) is 2.88. The van der Waals surface area contributed by atoms with Gasteiger partial charge in [-0.1, -0.05) is 0 Å². The topological polar surface area (TPSA) is 45.2 Å². The number of nitrogens with one attached hydrogen (secondary N) is 1. The van der Waals surface area contributed by atoms with Crippen LogP contribution < -0.4 is 10.2 Å². The second kappa shape index (κ2) is 5.52. The molecule has 2 rings (SSSR count). The number of amides is 1. The number of carbonyl (C=O) groups excluding carboxylic acids is 1. The molecule has 0 atom stereocenters. The van der Waals surface area contributed by atoms with E-state index in [-0.39, 0.29) is 5.91 Å². The SMILES string of the molecule is Cc1cnccc1C(=O)Nc1ccc(N(C)C)cc1. The lowest BCUT2D eigenvalue weighted by molar-refractivity contribution is 0.102. The van der Waals surface area contributed by atoms with E-state index in [0.717, 1.165) is 16.9 Å². The lowest BCUT2D eigenvalue weighted by atomic mass is 10.1. The van der Waals surface area contributed by atoms with Crippen molar-refractivity contribution in [3.63, 3.8) is 0 Å². The highest BCUT2D eigenvalue weighted by Crippen LogP contribution is 2.17. The predicted molar refractivity (Wildman–Crippen MR) is 77.7 cm³/mol. The average Bonchev–Trinajstić information content (AvgIpc) is 2.39. The summed E-state index contributed by atoms with van der Waals surface area (Å²) < 4.78 is 0. The van der Waals surface area contributed by atoms with Crippen LogP contribution in [0.3, 0.4) is 0 Å². The van der Waals surface area contributed by atoms with Crippen LogP contribution in [-0.4, -0.2) is 25.0 Å². The van der Waals surface area contributed by atoms with E-state index in [0.29, 0.717) is 5.56 Å². The molecule has 0 aliphatic rings. The number of aromatic nitrogens is 1. The molecule has 19 heavy (non-hydrogen) atoms. The summed E-state index contributed by atoms with van der Waals surface area (Å²) in [5.74, 6) is -0.113. The van der Waals surface area contributed by atoms with Crippen molar-refractivity contribution in [1.29, 1.82) is 0 Å². The van der Waals surface area contributed by atoms with Crippen molar-refractivity contribution in [3.05, 3.63) is 53.9 Å². The number of hydrogen-bond acceptors (Lipinski definition) is 3. The molecule has 0 saturated heterocycles. The Morgan fingerprint density at radius 1 is 1.16 bits per heavy atom. The van der Waals surface area contributed by atoms with E-state index in [1.165, 1.54) is 0 Å². The number of nitrogens with zero attached hydrogens (tertiary/aromatic N) is 2. The fourth-order valence-corrected chi connectivity index (χ4v) is 1.77. The molecular weight excluding hydrogens is 238 g/mol. The zero-order chi connectivity index (χ0) is 13.8. The van der Waals surface area contributed by atoms with Crippen molar-refractivity contribution >= 4 is 17.3 Å². The first-order chi connectivity index (χ1) is 9.08. The second-order valence-electron chi connectivity index (χ2n) is 4.59. The summed E-state index contributed by atoms with van der Waals surface area (Å²) in [5.41, 5.74) is 3.39. The van der Waals surface area contributed by atoms with E-state index in [1.54, 1.807) is 18.5 Å². The molecular formula is C15H17N3O. The first-order valence-electron chi connectivity index (χ1n) is 6.07. The van der Waals surface area contributed by atoms with Gasteiger partial charge in [0.1, 0.15) is 0 Å². The summed E-state index contributed by atoms with van der Waals surface area (Å²) in [6, 6.07) is 9.44. The Hall–Kier alpha value is -2.36. The molecule has 1 amide bonds. The van der Waals surface area contributed by atoms with Crippen LogP contribution in [0.4, 0.5) is 11.4 Å². The number of pyridine rings is 1. The Morgan fingerprint density at radius 3 is 2.42 bits per heavy atom. The van der Waals surface area contributed by atoms with E-state index >= 15 is 0 Å². The van der Waals surface area contributed by atoms with Gasteiger partial charge in [0.15, 0.2) is 0 Å². The number of benzene rings is 1. The molecule has 4 nitrogen and oxygen atoms in total. The van der Waals surface area contributed by atoms with Gasteiger partial charge in [0, 0.05) is 43.4 Å². The standard InChI is InChI=1S/C15H17N3O/c1-11-10-16-9-8-14(11)15(19)17-12-4-6-13(7-5-12)18(2)3/h4-10H,1-3H3,(H,17,19).